The number of rotatable bonds is 4. The Morgan fingerprint density at radius 3 is 1.86 bits per heavy atom. The van der Waals surface area contributed by atoms with Crippen molar-refractivity contribution < 1.29 is 0 Å². The summed E-state index contributed by atoms with van der Waals surface area (Å²) in [5.74, 6) is 1.08. The predicted octanol–water partition coefficient (Wildman–Crippen LogP) is 10.1. The topological polar surface area (TPSA) is 26.0 Å². The zero-order valence-electron chi connectivity index (χ0n) is 23.8. The van der Waals surface area contributed by atoms with E-state index in [0.717, 1.165) is 46.0 Å². The monoisotopic (exact) mass is 552 g/mol. The van der Waals surface area contributed by atoms with Crippen molar-refractivity contribution in [3.05, 3.63) is 145 Å². The fourth-order valence-corrected chi connectivity index (χ4v) is 6.95. The van der Waals surface area contributed by atoms with E-state index in [1.54, 1.807) is 0 Å². The fraction of sp³-hybridized carbons (Fsp3) is 0.0513. The number of fused-ring (bicyclic) bond motifs is 5. The van der Waals surface area contributed by atoms with Crippen LogP contribution in [-0.4, -0.2) is 14.1 Å². The first-order valence-corrected chi connectivity index (χ1v) is 14.9. The second-order valence-corrected chi connectivity index (χ2v) is 11.1. The van der Waals surface area contributed by atoms with Crippen LogP contribution in [0.25, 0.3) is 55.3 Å². The minimum Gasteiger partial charge on any atom is -0.309 e. The highest BCUT2D eigenvalue weighted by Crippen LogP contribution is 2.51. The van der Waals surface area contributed by atoms with E-state index in [-0.39, 0.29) is 0 Å². The summed E-state index contributed by atoms with van der Waals surface area (Å²) >= 11 is 0. The van der Waals surface area contributed by atoms with Gasteiger partial charge in [-0.25, -0.2) is 4.98 Å². The zero-order valence-corrected chi connectivity index (χ0v) is 23.8. The summed E-state index contributed by atoms with van der Waals surface area (Å²) in [6, 6.07) is 50.2. The summed E-state index contributed by atoms with van der Waals surface area (Å²) < 4.78 is 4.74. The third-order valence-electron chi connectivity index (χ3n) is 8.80. The molecule has 9 rings (SSSR count). The Hall–Kier alpha value is -5.61. The molecule has 4 heteroatoms. The highest BCUT2D eigenvalue weighted by atomic mass is 15.2. The van der Waals surface area contributed by atoms with Gasteiger partial charge in [0.15, 0.2) is 0 Å². The molecule has 0 unspecified atom stereocenters. The van der Waals surface area contributed by atoms with Crippen LogP contribution in [0, 0.1) is 0 Å². The second kappa shape index (κ2) is 9.20. The zero-order chi connectivity index (χ0) is 28.5. The molecular weight excluding hydrogens is 524 g/mol. The third-order valence-corrected chi connectivity index (χ3v) is 8.80. The Bertz CT molecular complexity index is 2270. The number of aromatic nitrogens is 3. The third kappa shape index (κ3) is 3.41. The maximum Gasteiger partial charge on any atom is 0.114 e. The molecule has 3 heterocycles. The molecule has 204 valence electrons. The molecule has 0 amide bonds. The van der Waals surface area contributed by atoms with Crippen molar-refractivity contribution in [2.75, 3.05) is 4.90 Å². The molecule has 0 bridgehead atoms. The lowest BCUT2D eigenvalue weighted by atomic mass is 9.98. The normalized spacial score (nSPS) is 12.3. The highest BCUT2D eigenvalue weighted by Gasteiger charge is 2.31. The van der Waals surface area contributed by atoms with Crippen LogP contribution in [0.2, 0.25) is 0 Å². The molecule has 0 radical (unpaired) electrons. The van der Waals surface area contributed by atoms with Gasteiger partial charge in [0, 0.05) is 34.1 Å². The molecule has 1 aliphatic heterocycles. The number of para-hydroxylation sites is 5. The average Bonchev–Trinajstić information content (AvgIpc) is 3.62. The fourth-order valence-electron chi connectivity index (χ4n) is 6.95. The largest absolute Gasteiger partial charge is 0.309 e. The van der Waals surface area contributed by atoms with E-state index in [1.807, 2.05) is 0 Å². The first-order valence-electron chi connectivity index (χ1n) is 14.9. The van der Waals surface area contributed by atoms with E-state index >= 15 is 0 Å². The molecule has 0 N–H and O–H groups in total. The SMILES string of the molecule is CCc1nc2ccc(-c3ccc(-n4c5ccccc5c5ccccc54)cc3)c3c2n1-c1ccccc1N3c1ccccc1. The van der Waals surface area contributed by atoms with Crippen molar-refractivity contribution in [2.24, 2.45) is 0 Å². The van der Waals surface area contributed by atoms with Crippen LogP contribution in [-0.2, 0) is 6.42 Å². The Morgan fingerprint density at radius 2 is 1.16 bits per heavy atom. The number of nitrogens with zero attached hydrogens (tertiary/aromatic N) is 4. The van der Waals surface area contributed by atoms with Crippen molar-refractivity contribution in [1.29, 1.82) is 0 Å². The standard InChI is InChI=1S/C39H28N4/c1-2-37-40-32-25-24-29(38-39(32)43(37)36-19-11-10-18-35(36)42(38)27-12-4-3-5-13-27)26-20-22-28(23-21-26)41-33-16-8-6-14-30(33)31-15-7-9-17-34(31)41/h3-25H,2H2,1H3. The smallest absolute Gasteiger partial charge is 0.114 e. The van der Waals surface area contributed by atoms with Gasteiger partial charge in [0.1, 0.15) is 5.82 Å². The summed E-state index contributed by atoms with van der Waals surface area (Å²) in [4.78, 5) is 7.52. The van der Waals surface area contributed by atoms with Crippen molar-refractivity contribution in [2.45, 2.75) is 13.3 Å². The van der Waals surface area contributed by atoms with Gasteiger partial charge in [-0.3, -0.25) is 4.57 Å². The minimum absolute atomic E-state index is 0.858. The molecule has 0 spiro atoms. The van der Waals surface area contributed by atoms with Gasteiger partial charge in [0.2, 0.25) is 0 Å². The van der Waals surface area contributed by atoms with Crippen molar-refractivity contribution >= 4 is 49.9 Å². The molecule has 43 heavy (non-hydrogen) atoms. The lowest BCUT2D eigenvalue weighted by Gasteiger charge is -2.34. The van der Waals surface area contributed by atoms with E-state index in [0.29, 0.717) is 0 Å². The molecular formula is C39H28N4. The Kier molecular flexibility index (Phi) is 5.14. The molecule has 1 aliphatic rings. The van der Waals surface area contributed by atoms with Gasteiger partial charge < -0.3 is 9.47 Å². The predicted molar refractivity (Wildman–Crippen MR) is 178 cm³/mol. The van der Waals surface area contributed by atoms with Crippen LogP contribution < -0.4 is 4.90 Å². The first kappa shape index (κ1) is 24.0. The molecule has 0 aliphatic carbocycles. The van der Waals surface area contributed by atoms with Gasteiger partial charge in [-0.05, 0) is 66.2 Å². The number of aryl methyl sites for hydroxylation is 1. The summed E-state index contributed by atoms with van der Waals surface area (Å²) in [5.41, 5.74) is 12.7. The van der Waals surface area contributed by atoms with Gasteiger partial charge >= 0.3 is 0 Å². The molecule has 2 aromatic heterocycles. The van der Waals surface area contributed by atoms with Crippen LogP contribution in [0.5, 0.6) is 0 Å². The van der Waals surface area contributed by atoms with Crippen molar-refractivity contribution in [3.8, 4) is 22.5 Å². The maximum atomic E-state index is 5.10. The van der Waals surface area contributed by atoms with Crippen LogP contribution in [0.3, 0.4) is 0 Å². The van der Waals surface area contributed by atoms with Crippen LogP contribution in [0.15, 0.2) is 140 Å². The van der Waals surface area contributed by atoms with E-state index in [4.69, 9.17) is 4.98 Å². The van der Waals surface area contributed by atoms with E-state index < -0.39 is 0 Å². The number of imidazole rings is 1. The van der Waals surface area contributed by atoms with Crippen molar-refractivity contribution in [1.82, 2.24) is 14.1 Å². The molecule has 0 saturated carbocycles. The number of benzene rings is 6. The number of anilines is 3. The quantitative estimate of drug-likeness (QED) is 0.217. The number of hydrogen-bond donors (Lipinski definition) is 0. The first-order chi connectivity index (χ1) is 21.3. The molecule has 6 aromatic carbocycles. The summed E-state index contributed by atoms with van der Waals surface area (Å²) in [7, 11) is 0. The van der Waals surface area contributed by atoms with Gasteiger partial charge in [-0.15, -0.1) is 0 Å². The summed E-state index contributed by atoms with van der Waals surface area (Å²) in [6.07, 6.45) is 0.858. The Balaban J connectivity index is 1.29. The van der Waals surface area contributed by atoms with Crippen molar-refractivity contribution in [3.63, 3.8) is 0 Å². The second-order valence-electron chi connectivity index (χ2n) is 11.1. The van der Waals surface area contributed by atoms with Gasteiger partial charge in [-0.2, -0.15) is 0 Å². The molecule has 0 saturated heterocycles. The molecule has 0 atom stereocenters. The Labute approximate surface area is 249 Å². The average molecular weight is 553 g/mol. The van der Waals surface area contributed by atoms with E-state index in [9.17, 15) is 0 Å². The molecule has 0 fully saturated rings. The maximum absolute atomic E-state index is 5.10. The van der Waals surface area contributed by atoms with Gasteiger partial charge in [-0.1, -0.05) is 85.8 Å². The van der Waals surface area contributed by atoms with E-state index in [1.165, 1.54) is 38.6 Å². The van der Waals surface area contributed by atoms with Gasteiger partial charge in [0.05, 0.1) is 39.1 Å². The van der Waals surface area contributed by atoms with Gasteiger partial charge in [0.25, 0.3) is 0 Å². The lowest BCUT2D eigenvalue weighted by Crippen LogP contribution is -2.19. The van der Waals surface area contributed by atoms with Crippen LogP contribution in [0.4, 0.5) is 17.1 Å². The molecule has 4 nitrogen and oxygen atoms in total. The summed E-state index contributed by atoms with van der Waals surface area (Å²) in [5, 5.41) is 2.54. The molecule has 8 aromatic rings. The minimum atomic E-state index is 0.858. The number of hydrogen-bond acceptors (Lipinski definition) is 2. The van der Waals surface area contributed by atoms with Crippen LogP contribution in [0.1, 0.15) is 12.7 Å². The Morgan fingerprint density at radius 1 is 0.535 bits per heavy atom. The summed E-state index contributed by atoms with van der Waals surface area (Å²) in [6.45, 7) is 2.19. The van der Waals surface area contributed by atoms with E-state index in [2.05, 4.69) is 160 Å². The highest BCUT2D eigenvalue weighted by molar-refractivity contribution is 6.10. The van der Waals surface area contributed by atoms with Crippen LogP contribution >= 0.6 is 0 Å². The lowest BCUT2D eigenvalue weighted by molar-refractivity contribution is 0.900.